The first-order valence-corrected chi connectivity index (χ1v) is 22.5. The van der Waals surface area contributed by atoms with Crippen molar-refractivity contribution in [1.29, 1.82) is 0 Å². The van der Waals surface area contributed by atoms with Gasteiger partial charge in [-0.2, -0.15) is 0 Å². The van der Waals surface area contributed by atoms with Gasteiger partial charge in [-0.25, -0.2) is 0 Å². The average molecular weight is 730 g/mol. The largest absolute Gasteiger partial charge is 0.394 e. The van der Waals surface area contributed by atoms with E-state index in [-0.39, 0.29) is 6.61 Å². The molecule has 5 heteroatoms. The number of amides is 1. The predicted octanol–water partition coefficient (Wildman–Crippen LogP) is 12.9. The minimum atomic E-state index is -1.11. The van der Waals surface area contributed by atoms with Gasteiger partial charge in [0.15, 0.2) is 0 Å². The van der Waals surface area contributed by atoms with Crippen molar-refractivity contribution in [1.82, 2.24) is 5.32 Å². The molecule has 304 valence electrons. The highest BCUT2D eigenvalue weighted by Gasteiger charge is 2.22. The summed E-state index contributed by atoms with van der Waals surface area (Å²) in [7, 11) is 0. The van der Waals surface area contributed by atoms with Crippen molar-refractivity contribution in [2.75, 3.05) is 6.61 Å². The van der Waals surface area contributed by atoms with Crippen LogP contribution in [0.2, 0.25) is 0 Å². The lowest BCUT2D eigenvalue weighted by molar-refractivity contribution is -0.131. The number of nitrogens with one attached hydrogen (secondary N) is 1. The van der Waals surface area contributed by atoms with E-state index in [1.165, 1.54) is 154 Å². The van der Waals surface area contributed by atoms with Crippen molar-refractivity contribution in [2.45, 2.75) is 238 Å². The Balaban J connectivity index is 3.68. The lowest BCUT2D eigenvalue weighted by atomic mass is 10.0. The highest BCUT2D eigenvalue weighted by molar-refractivity contribution is 5.80. The molecular formula is C47H87NO4. The van der Waals surface area contributed by atoms with Crippen LogP contribution >= 0.6 is 0 Å². The molecule has 52 heavy (non-hydrogen) atoms. The van der Waals surface area contributed by atoms with E-state index >= 15 is 0 Å². The van der Waals surface area contributed by atoms with E-state index in [1.54, 1.807) is 6.08 Å². The molecule has 0 rings (SSSR count). The second kappa shape index (κ2) is 42.1. The van der Waals surface area contributed by atoms with Gasteiger partial charge in [0, 0.05) is 0 Å². The third-order valence-corrected chi connectivity index (χ3v) is 10.1. The van der Waals surface area contributed by atoms with Crippen LogP contribution in [0.1, 0.15) is 219 Å². The summed E-state index contributed by atoms with van der Waals surface area (Å²) in [5.41, 5.74) is 0. The van der Waals surface area contributed by atoms with Gasteiger partial charge in [-0.3, -0.25) is 4.79 Å². The molecule has 0 aliphatic carbocycles. The van der Waals surface area contributed by atoms with E-state index in [0.717, 1.165) is 44.9 Å². The van der Waals surface area contributed by atoms with Crippen LogP contribution in [0.15, 0.2) is 48.6 Å². The zero-order valence-electron chi connectivity index (χ0n) is 34.4. The van der Waals surface area contributed by atoms with E-state index < -0.39 is 24.2 Å². The number of rotatable bonds is 40. The van der Waals surface area contributed by atoms with Gasteiger partial charge in [-0.05, 0) is 70.6 Å². The molecule has 3 unspecified atom stereocenters. The number of unbranched alkanes of at least 4 members (excludes halogenated alkanes) is 26. The fourth-order valence-corrected chi connectivity index (χ4v) is 6.56. The van der Waals surface area contributed by atoms with Gasteiger partial charge in [-0.1, -0.05) is 197 Å². The Morgan fingerprint density at radius 3 is 1.19 bits per heavy atom. The molecular weight excluding hydrogens is 643 g/mol. The van der Waals surface area contributed by atoms with Crippen molar-refractivity contribution in [3.63, 3.8) is 0 Å². The normalized spacial score (nSPS) is 14.0. The number of hydrogen-bond donors (Lipinski definition) is 4. The molecule has 0 spiro atoms. The van der Waals surface area contributed by atoms with Crippen molar-refractivity contribution in [2.24, 2.45) is 0 Å². The Labute approximate surface area is 323 Å². The molecule has 0 bridgehead atoms. The highest BCUT2D eigenvalue weighted by atomic mass is 16.3. The first-order valence-electron chi connectivity index (χ1n) is 22.5. The molecule has 4 N–H and O–H groups in total. The first-order chi connectivity index (χ1) is 25.6. The summed E-state index contributed by atoms with van der Waals surface area (Å²) in [4.78, 5) is 12.5. The number of carbonyl (C=O) groups excluding carboxylic acids is 1. The van der Waals surface area contributed by atoms with Crippen molar-refractivity contribution in [3.05, 3.63) is 48.6 Å². The molecule has 0 heterocycles. The van der Waals surface area contributed by atoms with Gasteiger partial charge in [0.25, 0.3) is 0 Å². The second-order valence-corrected chi connectivity index (χ2v) is 15.2. The monoisotopic (exact) mass is 730 g/mol. The van der Waals surface area contributed by atoms with Crippen LogP contribution in [0, 0.1) is 0 Å². The summed E-state index contributed by atoms with van der Waals surface area (Å²) >= 11 is 0. The first kappa shape index (κ1) is 50.3. The zero-order chi connectivity index (χ0) is 38.0. The predicted molar refractivity (Wildman–Crippen MR) is 227 cm³/mol. The summed E-state index contributed by atoms with van der Waals surface area (Å²) in [6.45, 7) is 4.14. The summed E-state index contributed by atoms with van der Waals surface area (Å²) in [5.74, 6) is -0.521. The Morgan fingerprint density at radius 1 is 0.462 bits per heavy atom. The summed E-state index contributed by atoms with van der Waals surface area (Å²) in [5, 5.41) is 33.1. The maximum Gasteiger partial charge on any atom is 0.249 e. The fraction of sp³-hybridized carbons (Fsp3) is 0.809. The van der Waals surface area contributed by atoms with Crippen LogP contribution < -0.4 is 5.32 Å². The standard InChI is InChI=1S/C47H87NO4/c1-3-5-7-9-11-13-15-17-19-20-21-22-23-24-25-26-27-28-30-32-34-36-38-40-42-46(51)47(52)48-44(43-49)45(50)41-39-37-35-33-31-29-18-16-14-12-10-8-6-4-2/h14,16,24-25,31,33,39,41,44-46,49-51H,3-13,15,17-23,26-30,32,34-38,40,42-43H2,1-2H3,(H,48,52)/b16-14+,25-24-,33-31+,41-39+. The summed E-state index contributed by atoms with van der Waals surface area (Å²) in [6.07, 6.45) is 54.3. The second-order valence-electron chi connectivity index (χ2n) is 15.2. The molecule has 0 aliphatic heterocycles. The smallest absolute Gasteiger partial charge is 0.249 e. The lowest BCUT2D eigenvalue weighted by Gasteiger charge is -2.21. The quantitative estimate of drug-likeness (QED) is 0.0373. The Kier molecular flexibility index (Phi) is 40.7. The lowest BCUT2D eigenvalue weighted by Crippen LogP contribution is -2.48. The number of aliphatic hydroxyl groups excluding tert-OH is 3. The van der Waals surface area contributed by atoms with Crippen LogP contribution in [0.5, 0.6) is 0 Å². The van der Waals surface area contributed by atoms with E-state index in [2.05, 4.69) is 55.6 Å². The molecule has 3 atom stereocenters. The van der Waals surface area contributed by atoms with Gasteiger partial charge < -0.3 is 20.6 Å². The SMILES string of the molecule is CCCCCC/C=C/CC/C=C/CC/C=C/C(O)C(CO)NC(=O)C(O)CCCCCCCCCC/C=C\CCCCCCCCCCCCCC. The van der Waals surface area contributed by atoms with Crippen molar-refractivity contribution >= 4 is 5.91 Å². The third-order valence-electron chi connectivity index (χ3n) is 10.1. The van der Waals surface area contributed by atoms with Crippen LogP contribution in [0.3, 0.4) is 0 Å². The van der Waals surface area contributed by atoms with Crippen molar-refractivity contribution in [3.8, 4) is 0 Å². The van der Waals surface area contributed by atoms with Crippen LogP contribution in [-0.2, 0) is 4.79 Å². The number of aliphatic hydroxyl groups is 3. The van der Waals surface area contributed by atoms with Crippen LogP contribution in [0.4, 0.5) is 0 Å². The van der Waals surface area contributed by atoms with Crippen LogP contribution in [-0.4, -0.2) is 46.1 Å². The molecule has 1 amide bonds. The minimum Gasteiger partial charge on any atom is -0.394 e. The Morgan fingerprint density at radius 2 is 0.788 bits per heavy atom. The van der Waals surface area contributed by atoms with E-state index in [0.29, 0.717) is 6.42 Å². The Hall–Kier alpha value is -1.69. The molecule has 0 aromatic rings. The topological polar surface area (TPSA) is 89.8 Å². The minimum absolute atomic E-state index is 0.383. The molecule has 0 saturated carbocycles. The number of hydrogen-bond acceptors (Lipinski definition) is 4. The van der Waals surface area contributed by atoms with Crippen molar-refractivity contribution < 1.29 is 20.1 Å². The fourth-order valence-electron chi connectivity index (χ4n) is 6.56. The zero-order valence-corrected chi connectivity index (χ0v) is 34.4. The number of allylic oxidation sites excluding steroid dienone is 7. The highest BCUT2D eigenvalue weighted by Crippen LogP contribution is 2.14. The molecule has 0 radical (unpaired) electrons. The van der Waals surface area contributed by atoms with E-state index in [1.807, 2.05) is 6.08 Å². The Bertz CT molecular complexity index is 850. The third kappa shape index (κ3) is 36.7. The van der Waals surface area contributed by atoms with Gasteiger partial charge in [0.1, 0.15) is 6.10 Å². The average Bonchev–Trinajstić information content (AvgIpc) is 3.15. The maximum absolute atomic E-state index is 12.5. The molecule has 0 aliphatic rings. The molecule has 0 saturated heterocycles. The molecule has 5 nitrogen and oxygen atoms in total. The van der Waals surface area contributed by atoms with Gasteiger partial charge in [0.05, 0.1) is 18.8 Å². The summed E-state index contributed by atoms with van der Waals surface area (Å²) < 4.78 is 0. The molecule has 0 fully saturated rings. The molecule has 0 aromatic carbocycles. The maximum atomic E-state index is 12.5. The van der Waals surface area contributed by atoms with Gasteiger partial charge in [-0.15, -0.1) is 0 Å². The van der Waals surface area contributed by atoms with Gasteiger partial charge in [0.2, 0.25) is 5.91 Å². The number of carbonyl (C=O) groups is 1. The van der Waals surface area contributed by atoms with E-state index in [4.69, 9.17) is 0 Å². The molecule has 0 aromatic heterocycles. The van der Waals surface area contributed by atoms with Crippen LogP contribution in [0.25, 0.3) is 0 Å². The van der Waals surface area contributed by atoms with Gasteiger partial charge >= 0.3 is 0 Å². The summed E-state index contributed by atoms with van der Waals surface area (Å²) in [6, 6.07) is -0.822. The van der Waals surface area contributed by atoms with E-state index in [9.17, 15) is 20.1 Å².